The minimum Gasteiger partial charge on any atom is -0.375 e. The van der Waals surface area contributed by atoms with Crippen LogP contribution >= 0.6 is 0 Å². The second kappa shape index (κ2) is 9.14. The zero-order valence-electron chi connectivity index (χ0n) is 16.6. The summed E-state index contributed by atoms with van der Waals surface area (Å²) >= 11 is 0. The average molecular weight is 351 g/mol. The van der Waals surface area contributed by atoms with Crippen LogP contribution in [0.1, 0.15) is 71.8 Å². The fourth-order valence-corrected chi connectivity index (χ4v) is 4.12. The van der Waals surface area contributed by atoms with Crippen LogP contribution in [-0.4, -0.2) is 18.8 Å². The lowest BCUT2D eigenvalue weighted by atomic mass is 9.67. The van der Waals surface area contributed by atoms with Gasteiger partial charge < -0.3 is 10.1 Å². The largest absolute Gasteiger partial charge is 0.375 e. The van der Waals surface area contributed by atoms with Crippen LogP contribution in [-0.2, 0) is 11.3 Å². The van der Waals surface area contributed by atoms with Crippen LogP contribution in [0.5, 0.6) is 0 Å². The van der Waals surface area contributed by atoms with Crippen LogP contribution in [0.4, 0.5) is 4.39 Å². The number of quaternary nitrogens is 1. The molecule has 1 fully saturated rings. The van der Waals surface area contributed by atoms with Crippen molar-refractivity contribution in [2.45, 2.75) is 78.4 Å². The number of rotatable bonds is 9. The van der Waals surface area contributed by atoms with E-state index in [1.807, 2.05) is 12.1 Å². The van der Waals surface area contributed by atoms with Gasteiger partial charge in [-0.2, -0.15) is 0 Å². The molecule has 0 unspecified atom stereocenters. The smallest absolute Gasteiger partial charge is 0.123 e. The number of benzene rings is 1. The van der Waals surface area contributed by atoms with Crippen molar-refractivity contribution in [1.29, 1.82) is 0 Å². The highest BCUT2D eigenvalue weighted by Gasteiger charge is 2.42. The number of hydrogen-bond acceptors (Lipinski definition) is 1. The third-order valence-corrected chi connectivity index (χ3v) is 6.00. The first-order valence-corrected chi connectivity index (χ1v) is 10.1. The third kappa shape index (κ3) is 6.38. The Hall–Kier alpha value is -0.930. The summed E-state index contributed by atoms with van der Waals surface area (Å²) in [7, 11) is 0. The molecular formula is C22H37FNO+. The van der Waals surface area contributed by atoms with Gasteiger partial charge in [-0.3, -0.25) is 0 Å². The van der Waals surface area contributed by atoms with E-state index in [4.69, 9.17) is 4.74 Å². The molecule has 0 aliphatic carbocycles. The maximum atomic E-state index is 13.0. The Morgan fingerprint density at radius 1 is 1.20 bits per heavy atom. The average Bonchev–Trinajstić information content (AvgIpc) is 2.59. The Bertz CT molecular complexity index is 515. The van der Waals surface area contributed by atoms with E-state index in [0.717, 1.165) is 32.0 Å². The summed E-state index contributed by atoms with van der Waals surface area (Å²) in [5.41, 5.74) is 1.67. The second-order valence-corrected chi connectivity index (χ2v) is 8.67. The van der Waals surface area contributed by atoms with Crippen LogP contribution in [0, 0.1) is 17.2 Å². The lowest BCUT2D eigenvalue weighted by Crippen LogP contribution is -2.83. The van der Waals surface area contributed by atoms with Gasteiger partial charge in [0.2, 0.25) is 0 Å². The monoisotopic (exact) mass is 350 g/mol. The van der Waals surface area contributed by atoms with Crippen LogP contribution < -0.4 is 5.32 Å². The van der Waals surface area contributed by atoms with Crippen LogP contribution in [0.25, 0.3) is 0 Å². The summed E-state index contributed by atoms with van der Waals surface area (Å²) in [6.45, 7) is 12.2. The Labute approximate surface area is 153 Å². The summed E-state index contributed by atoms with van der Waals surface area (Å²) in [5.74, 6) is 0.605. The second-order valence-electron chi connectivity index (χ2n) is 8.67. The van der Waals surface area contributed by atoms with E-state index < -0.39 is 0 Å². The van der Waals surface area contributed by atoms with E-state index in [2.05, 4.69) is 33.0 Å². The molecule has 1 aliphatic heterocycles. The zero-order chi connectivity index (χ0) is 18.3. The lowest BCUT2D eigenvalue weighted by molar-refractivity contribution is -0.672. The Morgan fingerprint density at radius 2 is 1.92 bits per heavy atom. The van der Waals surface area contributed by atoms with Crippen molar-refractivity contribution in [3.8, 4) is 0 Å². The Kier molecular flexibility index (Phi) is 7.45. The molecule has 2 nitrogen and oxygen atoms in total. The molecule has 0 amide bonds. The SMILES string of the molecule is CC[C@]1(C)C[C@](CC[NH2+]Cc2ccc(F)cc2)(CCC(C)C)CCO1. The first-order chi connectivity index (χ1) is 11.9. The molecule has 2 N–H and O–H groups in total. The highest BCUT2D eigenvalue weighted by Crippen LogP contribution is 2.46. The molecule has 2 rings (SSSR count). The molecule has 1 heterocycles. The minimum absolute atomic E-state index is 0.0478. The molecule has 1 saturated heterocycles. The van der Waals surface area contributed by atoms with Crippen LogP contribution in [0.15, 0.2) is 24.3 Å². The predicted octanol–water partition coefficient (Wildman–Crippen LogP) is 4.68. The Balaban J connectivity index is 1.90. The van der Waals surface area contributed by atoms with Crippen molar-refractivity contribution >= 4 is 0 Å². The quantitative estimate of drug-likeness (QED) is 0.643. The van der Waals surface area contributed by atoms with Gasteiger partial charge in [-0.15, -0.1) is 0 Å². The summed E-state index contributed by atoms with van der Waals surface area (Å²) in [6.07, 6.45) is 7.34. The van der Waals surface area contributed by atoms with Crippen LogP contribution in [0.3, 0.4) is 0 Å². The van der Waals surface area contributed by atoms with Gasteiger partial charge in [-0.25, -0.2) is 4.39 Å². The number of halogens is 1. The lowest BCUT2D eigenvalue weighted by Gasteiger charge is -2.46. The molecule has 1 aromatic rings. The van der Waals surface area contributed by atoms with Gasteiger partial charge in [0.15, 0.2) is 0 Å². The van der Waals surface area contributed by atoms with Gasteiger partial charge in [0.25, 0.3) is 0 Å². The molecular weight excluding hydrogens is 313 g/mol. The van der Waals surface area contributed by atoms with Gasteiger partial charge >= 0.3 is 0 Å². The standard InChI is InChI=1S/C22H36FNO/c1-5-21(4)17-22(13-15-25-21,11-10-18(2)3)12-14-24-16-19-6-8-20(23)9-7-19/h6-9,18,24H,5,10-17H2,1-4H3/p+1/t21-,22+/m1/s1. The summed E-state index contributed by atoms with van der Waals surface area (Å²) in [4.78, 5) is 0. The molecule has 0 bridgehead atoms. The topological polar surface area (TPSA) is 25.8 Å². The summed E-state index contributed by atoms with van der Waals surface area (Å²) < 4.78 is 19.1. The normalized spacial score (nSPS) is 27.0. The van der Waals surface area contributed by atoms with Gasteiger partial charge in [-0.1, -0.05) is 39.3 Å². The molecule has 25 heavy (non-hydrogen) atoms. The maximum absolute atomic E-state index is 13.0. The third-order valence-electron chi connectivity index (χ3n) is 6.00. The Morgan fingerprint density at radius 3 is 2.56 bits per heavy atom. The molecule has 2 atom stereocenters. The zero-order valence-corrected chi connectivity index (χ0v) is 16.6. The highest BCUT2D eigenvalue weighted by atomic mass is 19.1. The highest BCUT2D eigenvalue weighted by molar-refractivity contribution is 5.14. The molecule has 142 valence electrons. The first-order valence-electron chi connectivity index (χ1n) is 10.1. The van der Waals surface area contributed by atoms with Crippen molar-refractivity contribution < 1.29 is 14.4 Å². The maximum Gasteiger partial charge on any atom is 0.123 e. The van der Waals surface area contributed by atoms with E-state index in [0.29, 0.717) is 5.41 Å². The van der Waals surface area contributed by atoms with Crippen molar-refractivity contribution in [3.63, 3.8) is 0 Å². The minimum atomic E-state index is -0.155. The molecule has 0 aromatic heterocycles. The van der Waals surface area contributed by atoms with Crippen molar-refractivity contribution in [2.24, 2.45) is 11.3 Å². The van der Waals surface area contributed by atoms with Gasteiger partial charge in [0.05, 0.1) is 12.1 Å². The fraction of sp³-hybridized carbons (Fsp3) is 0.727. The van der Waals surface area contributed by atoms with Crippen molar-refractivity contribution in [1.82, 2.24) is 0 Å². The van der Waals surface area contributed by atoms with Gasteiger partial charge in [-0.05, 0) is 56.1 Å². The number of nitrogens with two attached hydrogens (primary N) is 1. The predicted molar refractivity (Wildman–Crippen MR) is 102 cm³/mol. The van der Waals surface area contributed by atoms with Gasteiger partial charge in [0, 0.05) is 18.6 Å². The summed E-state index contributed by atoms with van der Waals surface area (Å²) in [5, 5.41) is 2.38. The number of ether oxygens (including phenoxy) is 1. The number of hydrogen-bond donors (Lipinski definition) is 1. The molecule has 1 aliphatic rings. The van der Waals surface area contributed by atoms with Crippen molar-refractivity contribution in [2.75, 3.05) is 13.2 Å². The summed E-state index contributed by atoms with van der Waals surface area (Å²) in [6, 6.07) is 6.89. The van der Waals surface area contributed by atoms with E-state index in [9.17, 15) is 4.39 Å². The van der Waals surface area contributed by atoms with E-state index in [1.54, 1.807) is 12.1 Å². The van der Waals surface area contributed by atoms with E-state index in [-0.39, 0.29) is 11.4 Å². The molecule has 1 aromatic carbocycles. The van der Waals surface area contributed by atoms with Crippen molar-refractivity contribution in [3.05, 3.63) is 35.6 Å². The molecule has 0 spiro atoms. The van der Waals surface area contributed by atoms with Crippen LogP contribution in [0.2, 0.25) is 0 Å². The molecule has 3 heteroatoms. The van der Waals surface area contributed by atoms with E-state index >= 15 is 0 Å². The van der Waals surface area contributed by atoms with Gasteiger partial charge in [0.1, 0.15) is 12.4 Å². The first kappa shape index (κ1) is 20.4. The molecule has 0 radical (unpaired) electrons. The van der Waals surface area contributed by atoms with E-state index in [1.165, 1.54) is 37.7 Å². The fourth-order valence-electron chi connectivity index (χ4n) is 4.12. The molecule has 0 saturated carbocycles.